The van der Waals surface area contributed by atoms with Crippen molar-refractivity contribution in [2.75, 3.05) is 0 Å². The molecule has 0 radical (unpaired) electrons. The van der Waals surface area contributed by atoms with E-state index in [1.165, 1.54) is 0 Å². The van der Waals surface area contributed by atoms with E-state index < -0.39 is 5.63 Å². The van der Waals surface area contributed by atoms with Crippen LogP contribution < -0.4 is 5.63 Å². The second-order valence-corrected chi connectivity index (χ2v) is 4.26. The van der Waals surface area contributed by atoms with Crippen LogP contribution in [-0.2, 0) is 0 Å². The van der Waals surface area contributed by atoms with Crippen LogP contribution in [0.1, 0.15) is 5.56 Å². The third kappa shape index (κ3) is 1.47. The molecule has 0 aliphatic carbocycles. The maximum Gasteiger partial charge on any atom is 0.355 e. The number of fused-ring (bicyclic) bond motifs is 1. The standard InChI is InChI=1S/C10H6BrClO2/c1-5-7-4-6(11)2-3-8(7)14-10(13)9(5)12/h2-4H,1H3. The summed E-state index contributed by atoms with van der Waals surface area (Å²) in [5.74, 6) is 0. The third-order valence-corrected chi connectivity index (χ3v) is 2.99. The average Bonchev–Trinajstić information content (AvgIpc) is 2.16. The van der Waals surface area contributed by atoms with Crippen LogP contribution >= 0.6 is 27.5 Å². The Bertz CT molecular complexity index is 560. The Balaban J connectivity index is 2.99. The molecule has 4 heteroatoms. The fourth-order valence-electron chi connectivity index (χ4n) is 1.30. The molecule has 0 amide bonds. The van der Waals surface area contributed by atoms with E-state index >= 15 is 0 Å². The van der Waals surface area contributed by atoms with Crippen LogP contribution in [0.15, 0.2) is 31.9 Å². The smallest absolute Gasteiger partial charge is 0.355 e. The van der Waals surface area contributed by atoms with E-state index in [4.69, 9.17) is 16.0 Å². The highest BCUT2D eigenvalue weighted by Crippen LogP contribution is 2.25. The van der Waals surface area contributed by atoms with Crippen LogP contribution in [0.3, 0.4) is 0 Å². The highest BCUT2D eigenvalue weighted by atomic mass is 79.9. The van der Waals surface area contributed by atoms with Crippen molar-refractivity contribution in [2.45, 2.75) is 6.92 Å². The molecule has 0 saturated heterocycles. The molecule has 0 saturated carbocycles. The molecule has 0 N–H and O–H groups in total. The molecule has 0 atom stereocenters. The van der Waals surface area contributed by atoms with Gasteiger partial charge < -0.3 is 4.42 Å². The monoisotopic (exact) mass is 272 g/mol. The van der Waals surface area contributed by atoms with E-state index in [0.29, 0.717) is 5.58 Å². The van der Waals surface area contributed by atoms with Gasteiger partial charge >= 0.3 is 5.63 Å². The lowest BCUT2D eigenvalue weighted by atomic mass is 10.1. The van der Waals surface area contributed by atoms with Gasteiger partial charge in [-0.25, -0.2) is 4.79 Å². The summed E-state index contributed by atoms with van der Waals surface area (Å²) < 4.78 is 5.95. The first-order chi connectivity index (χ1) is 6.59. The molecule has 2 rings (SSSR count). The quantitative estimate of drug-likeness (QED) is 0.688. The largest absolute Gasteiger partial charge is 0.422 e. The average molecular weight is 274 g/mol. The van der Waals surface area contributed by atoms with Crippen molar-refractivity contribution in [3.8, 4) is 0 Å². The van der Waals surface area contributed by atoms with E-state index in [-0.39, 0.29) is 5.02 Å². The normalized spacial score (nSPS) is 10.8. The van der Waals surface area contributed by atoms with E-state index in [2.05, 4.69) is 15.9 Å². The van der Waals surface area contributed by atoms with E-state index in [0.717, 1.165) is 15.4 Å². The van der Waals surface area contributed by atoms with Gasteiger partial charge in [-0.2, -0.15) is 0 Å². The number of benzene rings is 1. The fraction of sp³-hybridized carbons (Fsp3) is 0.100. The lowest BCUT2D eigenvalue weighted by molar-refractivity contribution is 0.560. The van der Waals surface area contributed by atoms with Gasteiger partial charge in [0.05, 0.1) is 0 Å². The predicted molar refractivity (Wildman–Crippen MR) is 59.9 cm³/mol. The molecule has 72 valence electrons. The summed E-state index contributed by atoms with van der Waals surface area (Å²) in [6.45, 7) is 1.80. The fourth-order valence-corrected chi connectivity index (χ4v) is 1.80. The van der Waals surface area contributed by atoms with Crippen molar-refractivity contribution >= 4 is 38.5 Å². The molecule has 0 aliphatic rings. The second-order valence-electron chi connectivity index (χ2n) is 2.97. The van der Waals surface area contributed by atoms with E-state index in [1.54, 1.807) is 13.0 Å². The van der Waals surface area contributed by atoms with E-state index in [9.17, 15) is 4.79 Å². The van der Waals surface area contributed by atoms with Gasteiger partial charge in [0.1, 0.15) is 10.6 Å². The first-order valence-electron chi connectivity index (χ1n) is 3.98. The SMILES string of the molecule is Cc1c(Cl)c(=O)oc2ccc(Br)cc12. The van der Waals surface area contributed by atoms with Crippen molar-refractivity contribution < 1.29 is 4.42 Å². The van der Waals surface area contributed by atoms with Gasteiger partial charge in [0.15, 0.2) is 0 Å². The van der Waals surface area contributed by atoms with E-state index in [1.807, 2.05) is 12.1 Å². The van der Waals surface area contributed by atoms with Gasteiger partial charge in [0.2, 0.25) is 0 Å². The minimum Gasteiger partial charge on any atom is -0.422 e. The van der Waals surface area contributed by atoms with Gasteiger partial charge in [0.25, 0.3) is 0 Å². The van der Waals surface area contributed by atoms with Crippen LogP contribution in [0.25, 0.3) is 11.0 Å². The molecule has 1 heterocycles. The zero-order valence-corrected chi connectivity index (χ0v) is 9.65. The Morgan fingerprint density at radius 1 is 1.43 bits per heavy atom. The highest BCUT2D eigenvalue weighted by molar-refractivity contribution is 9.10. The molecule has 0 aliphatic heterocycles. The molecule has 0 fully saturated rings. The molecule has 14 heavy (non-hydrogen) atoms. The Morgan fingerprint density at radius 3 is 2.86 bits per heavy atom. The van der Waals surface area contributed by atoms with Crippen molar-refractivity contribution in [1.29, 1.82) is 0 Å². The van der Waals surface area contributed by atoms with Crippen molar-refractivity contribution in [3.63, 3.8) is 0 Å². The van der Waals surface area contributed by atoms with Gasteiger partial charge in [-0.05, 0) is 30.7 Å². The highest BCUT2D eigenvalue weighted by Gasteiger charge is 2.08. The Morgan fingerprint density at radius 2 is 2.14 bits per heavy atom. The van der Waals surface area contributed by atoms with Crippen molar-refractivity contribution in [1.82, 2.24) is 0 Å². The molecular weight excluding hydrogens is 267 g/mol. The maximum absolute atomic E-state index is 11.2. The number of aryl methyl sites for hydroxylation is 1. The summed E-state index contributed by atoms with van der Waals surface area (Å²) in [5, 5.41) is 1.000. The van der Waals surface area contributed by atoms with Gasteiger partial charge in [-0.3, -0.25) is 0 Å². The van der Waals surface area contributed by atoms with Gasteiger partial charge in [0, 0.05) is 9.86 Å². The van der Waals surface area contributed by atoms with Crippen molar-refractivity contribution in [2.24, 2.45) is 0 Å². The van der Waals surface area contributed by atoms with Crippen LogP contribution in [0, 0.1) is 6.92 Å². The Kier molecular flexibility index (Phi) is 2.37. The lowest BCUT2D eigenvalue weighted by Gasteiger charge is -2.02. The van der Waals surface area contributed by atoms with Gasteiger partial charge in [-0.15, -0.1) is 0 Å². The van der Waals surface area contributed by atoms with Crippen LogP contribution in [-0.4, -0.2) is 0 Å². The van der Waals surface area contributed by atoms with Gasteiger partial charge in [-0.1, -0.05) is 27.5 Å². The minimum absolute atomic E-state index is 0.149. The lowest BCUT2D eigenvalue weighted by Crippen LogP contribution is -2.01. The Hall–Kier alpha value is -0.800. The molecule has 2 nitrogen and oxygen atoms in total. The summed E-state index contributed by atoms with van der Waals surface area (Å²) in [6, 6.07) is 5.43. The molecule has 0 unspecified atom stereocenters. The number of hydrogen-bond donors (Lipinski definition) is 0. The topological polar surface area (TPSA) is 30.2 Å². The first kappa shape index (κ1) is 9.74. The summed E-state index contributed by atoms with van der Waals surface area (Å²) >= 11 is 9.13. The molecule has 1 aromatic heterocycles. The summed E-state index contributed by atoms with van der Waals surface area (Å²) in [4.78, 5) is 11.2. The molecule has 2 aromatic rings. The number of hydrogen-bond acceptors (Lipinski definition) is 2. The molecule has 0 spiro atoms. The first-order valence-corrected chi connectivity index (χ1v) is 5.15. The summed E-state index contributed by atoms with van der Waals surface area (Å²) in [7, 11) is 0. The molecular formula is C10H6BrClO2. The molecule has 1 aromatic carbocycles. The number of halogens is 2. The minimum atomic E-state index is -0.487. The van der Waals surface area contributed by atoms with Crippen LogP contribution in [0.4, 0.5) is 0 Å². The predicted octanol–water partition coefficient (Wildman–Crippen LogP) is 3.52. The van der Waals surface area contributed by atoms with Crippen LogP contribution in [0.5, 0.6) is 0 Å². The van der Waals surface area contributed by atoms with Crippen LogP contribution in [0.2, 0.25) is 5.02 Å². The maximum atomic E-state index is 11.2. The zero-order valence-electron chi connectivity index (χ0n) is 7.30. The summed E-state index contributed by atoms with van der Waals surface area (Å²) in [5.41, 5.74) is 0.818. The zero-order chi connectivity index (χ0) is 10.3. The second kappa shape index (κ2) is 3.41. The number of rotatable bonds is 0. The molecule has 0 bridgehead atoms. The third-order valence-electron chi connectivity index (χ3n) is 2.06. The summed E-state index contributed by atoms with van der Waals surface area (Å²) in [6.07, 6.45) is 0. The Labute approximate surface area is 93.6 Å². The van der Waals surface area contributed by atoms with Crippen molar-refractivity contribution in [3.05, 3.63) is 43.7 Å².